The molecule has 0 aliphatic carbocycles. The lowest BCUT2D eigenvalue weighted by Gasteiger charge is -2.14. The molecular weight excluding hydrogens is 218 g/mol. The molecule has 0 fully saturated rings. The van der Waals surface area contributed by atoms with E-state index in [1.807, 2.05) is 0 Å². The summed E-state index contributed by atoms with van der Waals surface area (Å²) in [5, 5.41) is 3.66. The Labute approximate surface area is 91.4 Å². The Morgan fingerprint density at radius 2 is 2.44 bits per heavy atom. The summed E-state index contributed by atoms with van der Waals surface area (Å²) in [7, 11) is 1.53. The lowest BCUT2D eigenvalue weighted by atomic mass is 10.4. The molecule has 7 heteroatoms. The molecule has 0 N–H and O–H groups in total. The third-order valence-corrected chi connectivity index (χ3v) is 1.94. The van der Waals surface area contributed by atoms with Gasteiger partial charge >= 0.3 is 0 Å². The highest BCUT2D eigenvalue weighted by molar-refractivity contribution is 5.86. The van der Waals surface area contributed by atoms with Crippen LogP contribution < -0.4 is 0 Å². The van der Waals surface area contributed by atoms with E-state index >= 15 is 0 Å². The highest BCUT2D eigenvalue weighted by Gasteiger charge is 2.13. The first-order valence-electron chi connectivity index (χ1n) is 4.57. The first-order valence-corrected chi connectivity index (χ1v) is 4.57. The van der Waals surface area contributed by atoms with Gasteiger partial charge in [0.05, 0.1) is 6.54 Å². The summed E-state index contributed by atoms with van der Waals surface area (Å²) in [5.41, 5.74) is 0. The Morgan fingerprint density at radius 3 is 3.00 bits per heavy atom. The number of halogens is 2. The van der Waals surface area contributed by atoms with Crippen molar-refractivity contribution < 1.29 is 13.6 Å². The normalized spacial score (nSPS) is 10.5. The van der Waals surface area contributed by atoms with Crippen molar-refractivity contribution in [3.8, 4) is 0 Å². The number of alkyl halides is 2. The van der Waals surface area contributed by atoms with Crippen LogP contribution in [0.5, 0.6) is 0 Å². The van der Waals surface area contributed by atoms with E-state index in [1.54, 1.807) is 0 Å². The van der Waals surface area contributed by atoms with Crippen LogP contribution in [0.2, 0.25) is 0 Å². The highest BCUT2D eigenvalue weighted by Crippen LogP contribution is 2.03. The molecule has 0 radical (unpaired) electrons. The van der Waals surface area contributed by atoms with E-state index in [2.05, 4.69) is 16.7 Å². The molecule has 0 aliphatic rings. The maximum Gasteiger partial charge on any atom is 0.257 e. The molecule has 0 atom stereocenters. The first-order chi connectivity index (χ1) is 7.54. The van der Waals surface area contributed by atoms with Crippen LogP contribution in [0.1, 0.15) is 5.82 Å². The molecule has 5 nitrogen and oxygen atoms in total. The molecule has 0 unspecified atom stereocenters. The van der Waals surface area contributed by atoms with Gasteiger partial charge in [0, 0.05) is 7.05 Å². The summed E-state index contributed by atoms with van der Waals surface area (Å²) >= 11 is 0. The largest absolute Gasteiger partial charge is 0.335 e. The predicted molar refractivity (Wildman–Crippen MR) is 52.7 cm³/mol. The molecule has 1 rings (SSSR count). The topological polar surface area (TPSA) is 51.0 Å². The fourth-order valence-corrected chi connectivity index (χ4v) is 1.14. The predicted octanol–water partition coefficient (Wildman–Crippen LogP) is 0.688. The van der Waals surface area contributed by atoms with Crippen molar-refractivity contribution in [1.82, 2.24) is 19.7 Å². The van der Waals surface area contributed by atoms with Gasteiger partial charge in [0.1, 0.15) is 18.7 Å². The SMILES string of the molecule is C=CC(=O)N(C)Cc1ncnn1CC(F)F. The molecule has 1 amide bonds. The monoisotopic (exact) mass is 230 g/mol. The first kappa shape index (κ1) is 12.3. The van der Waals surface area contributed by atoms with Crippen LogP contribution in [0.15, 0.2) is 19.0 Å². The Morgan fingerprint density at radius 1 is 1.75 bits per heavy atom. The minimum Gasteiger partial charge on any atom is -0.335 e. The van der Waals surface area contributed by atoms with Gasteiger partial charge < -0.3 is 4.90 Å². The van der Waals surface area contributed by atoms with Gasteiger partial charge in [-0.3, -0.25) is 4.79 Å². The number of carbonyl (C=O) groups excluding carboxylic acids is 1. The van der Waals surface area contributed by atoms with Crippen molar-refractivity contribution in [2.24, 2.45) is 0 Å². The van der Waals surface area contributed by atoms with Gasteiger partial charge in [-0.05, 0) is 6.08 Å². The van der Waals surface area contributed by atoms with Crippen molar-refractivity contribution in [1.29, 1.82) is 0 Å². The zero-order valence-electron chi connectivity index (χ0n) is 8.81. The second-order valence-electron chi connectivity index (χ2n) is 3.15. The number of hydrogen-bond acceptors (Lipinski definition) is 3. The molecule has 0 spiro atoms. The minimum atomic E-state index is -2.50. The Balaban J connectivity index is 2.70. The Bertz CT molecular complexity index is 377. The summed E-state index contributed by atoms with van der Waals surface area (Å²) in [4.78, 5) is 16.3. The zero-order chi connectivity index (χ0) is 12.1. The van der Waals surface area contributed by atoms with Gasteiger partial charge in [-0.25, -0.2) is 18.4 Å². The van der Waals surface area contributed by atoms with Crippen molar-refractivity contribution in [2.75, 3.05) is 7.05 Å². The van der Waals surface area contributed by atoms with E-state index in [-0.39, 0.29) is 12.5 Å². The van der Waals surface area contributed by atoms with Crippen LogP contribution in [0.3, 0.4) is 0 Å². The molecule has 88 valence electrons. The lowest BCUT2D eigenvalue weighted by molar-refractivity contribution is -0.125. The quantitative estimate of drug-likeness (QED) is 0.699. The van der Waals surface area contributed by atoms with E-state index < -0.39 is 13.0 Å². The van der Waals surface area contributed by atoms with Crippen molar-refractivity contribution in [2.45, 2.75) is 19.5 Å². The van der Waals surface area contributed by atoms with Crippen LogP contribution in [0.4, 0.5) is 8.78 Å². The third kappa shape index (κ3) is 3.11. The van der Waals surface area contributed by atoms with E-state index in [0.29, 0.717) is 5.82 Å². The van der Waals surface area contributed by atoms with E-state index in [1.165, 1.54) is 18.3 Å². The summed E-state index contributed by atoms with van der Waals surface area (Å²) in [6.07, 6.45) is -0.168. The summed E-state index contributed by atoms with van der Waals surface area (Å²) in [5.74, 6) is 0.0181. The highest BCUT2D eigenvalue weighted by atomic mass is 19.3. The van der Waals surface area contributed by atoms with Crippen molar-refractivity contribution >= 4 is 5.91 Å². The van der Waals surface area contributed by atoms with Gasteiger partial charge in [0.15, 0.2) is 0 Å². The van der Waals surface area contributed by atoms with Crippen LogP contribution in [-0.4, -0.2) is 39.0 Å². The van der Waals surface area contributed by atoms with Crippen LogP contribution >= 0.6 is 0 Å². The van der Waals surface area contributed by atoms with Crippen molar-refractivity contribution in [3.63, 3.8) is 0 Å². The molecule has 0 saturated heterocycles. The zero-order valence-corrected chi connectivity index (χ0v) is 8.81. The van der Waals surface area contributed by atoms with E-state index in [9.17, 15) is 13.6 Å². The lowest BCUT2D eigenvalue weighted by Crippen LogP contribution is -2.26. The van der Waals surface area contributed by atoms with Crippen molar-refractivity contribution in [3.05, 3.63) is 24.8 Å². The second-order valence-corrected chi connectivity index (χ2v) is 3.15. The Hall–Kier alpha value is -1.79. The van der Waals surface area contributed by atoms with Crippen LogP contribution in [-0.2, 0) is 17.9 Å². The van der Waals surface area contributed by atoms with Gasteiger partial charge in [-0.1, -0.05) is 6.58 Å². The summed E-state index contributed by atoms with van der Waals surface area (Å²) in [6.45, 7) is 2.93. The van der Waals surface area contributed by atoms with E-state index in [4.69, 9.17) is 0 Å². The molecular formula is C9H12F2N4O. The summed E-state index contributed by atoms with van der Waals surface area (Å²) < 4.78 is 25.4. The Kier molecular flexibility index (Phi) is 4.10. The molecule has 16 heavy (non-hydrogen) atoms. The molecule has 1 aromatic rings. The number of rotatable bonds is 5. The number of nitrogens with zero attached hydrogens (tertiary/aromatic N) is 4. The summed E-state index contributed by atoms with van der Waals surface area (Å²) in [6, 6.07) is 0. The number of hydrogen-bond donors (Lipinski definition) is 0. The van der Waals surface area contributed by atoms with Crippen LogP contribution in [0, 0.1) is 0 Å². The van der Waals surface area contributed by atoms with Gasteiger partial charge in [-0.15, -0.1) is 0 Å². The molecule has 0 saturated carbocycles. The maximum absolute atomic E-state index is 12.2. The minimum absolute atomic E-state index is 0.123. The standard InChI is InChI=1S/C9H12F2N4O/c1-3-9(16)14(2)5-8-12-6-13-15(8)4-7(10)11/h3,6-7H,1,4-5H2,2H3. The number of amides is 1. The molecule has 0 bridgehead atoms. The third-order valence-electron chi connectivity index (χ3n) is 1.94. The fourth-order valence-electron chi connectivity index (χ4n) is 1.14. The average Bonchev–Trinajstić information content (AvgIpc) is 2.63. The maximum atomic E-state index is 12.2. The smallest absolute Gasteiger partial charge is 0.257 e. The molecule has 0 aliphatic heterocycles. The molecule has 1 aromatic heterocycles. The fraction of sp³-hybridized carbons (Fsp3) is 0.444. The molecule has 1 heterocycles. The van der Waals surface area contributed by atoms with Gasteiger partial charge in [0.25, 0.3) is 6.43 Å². The average molecular weight is 230 g/mol. The van der Waals surface area contributed by atoms with E-state index in [0.717, 1.165) is 10.8 Å². The number of carbonyl (C=O) groups is 1. The number of likely N-dealkylation sites (N-methyl/N-ethyl adjacent to an activating group) is 1. The van der Waals surface area contributed by atoms with Crippen LogP contribution in [0.25, 0.3) is 0 Å². The van der Waals surface area contributed by atoms with Gasteiger partial charge in [-0.2, -0.15) is 5.10 Å². The second kappa shape index (κ2) is 5.34. The molecule has 0 aromatic carbocycles. The number of aromatic nitrogens is 3. The van der Waals surface area contributed by atoms with Gasteiger partial charge in [0.2, 0.25) is 5.91 Å².